The summed E-state index contributed by atoms with van der Waals surface area (Å²) in [6.07, 6.45) is 1.99. The van der Waals surface area contributed by atoms with Crippen LogP contribution >= 0.6 is 0 Å². The minimum absolute atomic E-state index is 0.0230. The minimum atomic E-state index is -0.428. The number of benzene rings is 1. The van der Waals surface area contributed by atoms with Gasteiger partial charge in [0.25, 0.3) is 5.91 Å². The van der Waals surface area contributed by atoms with Crippen molar-refractivity contribution in [1.29, 1.82) is 0 Å². The van der Waals surface area contributed by atoms with Gasteiger partial charge >= 0.3 is 0 Å². The van der Waals surface area contributed by atoms with Gasteiger partial charge in [-0.3, -0.25) is 4.79 Å². The highest BCUT2D eigenvalue weighted by molar-refractivity contribution is 5.83. The summed E-state index contributed by atoms with van der Waals surface area (Å²) < 4.78 is 5.70. The highest BCUT2D eigenvalue weighted by Gasteiger charge is 2.38. The van der Waals surface area contributed by atoms with Crippen LogP contribution in [0.5, 0.6) is 5.75 Å². The number of nitrogens with one attached hydrogen (secondary N) is 2. The quantitative estimate of drug-likeness (QED) is 0.854. The molecule has 0 radical (unpaired) electrons. The van der Waals surface area contributed by atoms with Crippen molar-refractivity contribution in [3.8, 4) is 5.75 Å². The van der Waals surface area contributed by atoms with E-state index in [1.165, 1.54) is 12.8 Å². The van der Waals surface area contributed by atoms with Crippen molar-refractivity contribution in [2.45, 2.75) is 25.9 Å². The third-order valence-corrected chi connectivity index (χ3v) is 3.72. The van der Waals surface area contributed by atoms with Crippen molar-refractivity contribution in [3.05, 3.63) is 24.3 Å². The summed E-state index contributed by atoms with van der Waals surface area (Å²) in [4.78, 5) is 12.0. The van der Waals surface area contributed by atoms with Crippen LogP contribution < -0.4 is 15.4 Å². The predicted molar refractivity (Wildman–Crippen MR) is 69.7 cm³/mol. The molecule has 4 nitrogen and oxygen atoms in total. The first-order chi connectivity index (χ1) is 8.66. The van der Waals surface area contributed by atoms with Gasteiger partial charge in [0.05, 0.1) is 12.2 Å². The van der Waals surface area contributed by atoms with Gasteiger partial charge in [-0.15, -0.1) is 0 Å². The monoisotopic (exact) mass is 246 g/mol. The molecule has 1 aromatic carbocycles. The first-order valence-corrected chi connectivity index (χ1v) is 6.44. The number of anilines is 1. The molecule has 0 spiro atoms. The van der Waals surface area contributed by atoms with E-state index in [9.17, 15) is 4.79 Å². The smallest absolute Gasteiger partial charge is 0.262 e. The van der Waals surface area contributed by atoms with Crippen LogP contribution in [0.2, 0.25) is 0 Å². The molecule has 0 saturated heterocycles. The van der Waals surface area contributed by atoms with Gasteiger partial charge in [0, 0.05) is 6.54 Å². The Kier molecular flexibility index (Phi) is 2.65. The van der Waals surface area contributed by atoms with Crippen LogP contribution in [-0.2, 0) is 4.79 Å². The molecule has 96 valence electrons. The molecule has 2 N–H and O–H groups in total. The van der Waals surface area contributed by atoms with Crippen LogP contribution in [0.3, 0.4) is 0 Å². The number of fused-ring (bicyclic) bond motifs is 1. The van der Waals surface area contributed by atoms with Crippen LogP contribution in [0, 0.1) is 5.41 Å². The van der Waals surface area contributed by atoms with Crippen LogP contribution in [0.4, 0.5) is 5.69 Å². The summed E-state index contributed by atoms with van der Waals surface area (Å²) in [5.74, 6) is 0.728. The molecule has 1 aliphatic carbocycles. The van der Waals surface area contributed by atoms with E-state index in [2.05, 4.69) is 17.6 Å². The highest BCUT2D eigenvalue weighted by atomic mass is 16.5. The summed E-state index contributed by atoms with van der Waals surface area (Å²) in [7, 11) is 0. The van der Waals surface area contributed by atoms with Crippen molar-refractivity contribution in [2.75, 3.05) is 18.4 Å². The lowest BCUT2D eigenvalue weighted by Gasteiger charge is -2.26. The van der Waals surface area contributed by atoms with Crippen LogP contribution in [0.25, 0.3) is 0 Å². The molecular weight excluding hydrogens is 228 g/mol. The lowest BCUT2D eigenvalue weighted by Crippen LogP contribution is -2.46. The number of amides is 1. The van der Waals surface area contributed by atoms with Crippen molar-refractivity contribution in [1.82, 2.24) is 5.32 Å². The maximum absolute atomic E-state index is 12.0. The van der Waals surface area contributed by atoms with Gasteiger partial charge in [0.15, 0.2) is 6.10 Å². The summed E-state index contributed by atoms with van der Waals surface area (Å²) in [5, 5.41) is 6.20. The van der Waals surface area contributed by atoms with Crippen molar-refractivity contribution in [2.24, 2.45) is 5.41 Å². The predicted octanol–water partition coefficient (Wildman–Crippen LogP) is 1.78. The fraction of sp³-hybridized carbons (Fsp3) is 0.500. The molecule has 0 bridgehead atoms. The largest absolute Gasteiger partial charge is 0.477 e. The molecule has 18 heavy (non-hydrogen) atoms. The molecule has 1 aliphatic heterocycles. The average Bonchev–Trinajstić information content (AvgIpc) is 3.14. The Morgan fingerprint density at radius 2 is 2.28 bits per heavy atom. The Balaban J connectivity index is 1.59. The molecule has 1 saturated carbocycles. The molecule has 1 heterocycles. The fourth-order valence-corrected chi connectivity index (χ4v) is 2.06. The second-order valence-electron chi connectivity index (χ2n) is 5.51. The number of para-hydroxylation sites is 2. The Morgan fingerprint density at radius 3 is 3.06 bits per heavy atom. The first kappa shape index (κ1) is 11.4. The molecule has 1 atom stereocenters. The van der Waals surface area contributed by atoms with Gasteiger partial charge in [-0.05, 0) is 30.4 Å². The number of carbonyl (C=O) groups excluding carboxylic acids is 1. The van der Waals surface area contributed by atoms with E-state index in [-0.39, 0.29) is 5.91 Å². The molecule has 1 amide bonds. The van der Waals surface area contributed by atoms with Crippen molar-refractivity contribution in [3.63, 3.8) is 0 Å². The van der Waals surface area contributed by atoms with E-state index in [1.807, 2.05) is 24.3 Å². The van der Waals surface area contributed by atoms with Crippen LogP contribution in [-0.4, -0.2) is 25.1 Å². The summed E-state index contributed by atoms with van der Waals surface area (Å²) in [5.41, 5.74) is 1.28. The molecule has 1 unspecified atom stereocenters. The average molecular weight is 246 g/mol. The fourth-order valence-electron chi connectivity index (χ4n) is 2.06. The lowest BCUT2D eigenvalue weighted by atomic mass is 10.1. The molecule has 1 aromatic rings. The first-order valence-electron chi connectivity index (χ1n) is 6.44. The molecule has 1 fully saturated rings. The Hall–Kier alpha value is -1.71. The third-order valence-electron chi connectivity index (χ3n) is 3.72. The number of hydrogen-bond donors (Lipinski definition) is 2. The minimum Gasteiger partial charge on any atom is -0.477 e. The van der Waals surface area contributed by atoms with E-state index in [4.69, 9.17) is 4.74 Å². The molecule has 4 heteroatoms. The van der Waals surface area contributed by atoms with Gasteiger partial charge < -0.3 is 15.4 Å². The SMILES string of the molecule is CC1(CNC(=O)C2CNc3ccccc3O2)CC1. The van der Waals surface area contributed by atoms with Gasteiger partial charge in [-0.2, -0.15) is 0 Å². The Labute approximate surface area is 107 Å². The number of carbonyl (C=O) groups is 1. The zero-order valence-corrected chi connectivity index (χ0v) is 10.5. The van der Waals surface area contributed by atoms with Gasteiger partial charge in [-0.25, -0.2) is 0 Å². The Bertz CT molecular complexity index is 469. The molecule has 3 rings (SSSR count). The summed E-state index contributed by atoms with van der Waals surface area (Å²) in [6.45, 7) is 3.48. The van der Waals surface area contributed by atoms with E-state index in [0.717, 1.165) is 18.0 Å². The molecule has 2 aliphatic rings. The summed E-state index contributed by atoms with van der Waals surface area (Å²) >= 11 is 0. The third kappa shape index (κ3) is 2.28. The maximum atomic E-state index is 12.0. The topological polar surface area (TPSA) is 50.4 Å². The van der Waals surface area contributed by atoms with Crippen molar-refractivity contribution < 1.29 is 9.53 Å². The van der Waals surface area contributed by atoms with E-state index in [0.29, 0.717) is 12.0 Å². The highest BCUT2D eigenvalue weighted by Crippen LogP contribution is 2.44. The second kappa shape index (κ2) is 4.19. The van der Waals surface area contributed by atoms with Gasteiger partial charge in [0.2, 0.25) is 0 Å². The number of hydrogen-bond acceptors (Lipinski definition) is 3. The van der Waals surface area contributed by atoms with Crippen LogP contribution in [0.1, 0.15) is 19.8 Å². The second-order valence-corrected chi connectivity index (χ2v) is 5.51. The lowest BCUT2D eigenvalue weighted by molar-refractivity contribution is -0.127. The van der Waals surface area contributed by atoms with Crippen molar-refractivity contribution >= 4 is 11.6 Å². The van der Waals surface area contributed by atoms with Crippen LogP contribution in [0.15, 0.2) is 24.3 Å². The Morgan fingerprint density at radius 1 is 1.50 bits per heavy atom. The number of rotatable bonds is 3. The summed E-state index contributed by atoms with van der Waals surface area (Å²) in [6, 6.07) is 7.69. The zero-order valence-electron chi connectivity index (χ0n) is 10.5. The zero-order chi connectivity index (χ0) is 12.6. The molecule has 0 aromatic heterocycles. The van der Waals surface area contributed by atoms with E-state index < -0.39 is 6.10 Å². The maximum Gasteiger partial charge on any atom is 0.262 e. The normalized spacial score (nSPS) is 23.3. The van der Waals surface area contributed by atoms with Gasteiger partial charge in [-0.1, -0.05) is 19.1 Å². The van der Waals surface area contributed by atoms with E-state index >= 15 is 0 Å². The van der Waals surface area contributed by atoms with Gasteiger partial charge in [0.1, 0.15) is 5.75 Å². The number of ether oxygens (including phenoxy) is 1. The molecular formula is C14H18N2O2. The van der Waals surface area contributed by atoms with E-state index in [1.54, 1.807) is 0 Å². The standard InChI is InChI=1S/C14H18N2O2/c1-14(6-7-14)9-16-13(17)12-8-15-10-4-2-3-5-11(10)18-12/h2-5,12,15H,6-9H2,1H3,(H,16,17).